The number of nitrogens with zero attached hydrogens (tertiary/aromatic N) is 2. The molecule has 0 spiro atoms. The molecule has 1 unspecified atom stereocenters. The molecule has 19 heavy (non-hydrogen) atoms. The maximum atomic E-state index is 5.85. The van der Waals surface area contributed by atoms with Gasteiger partial charge in [0.2, 0.25) is 5.89 Å². The van der Waals surface area contributed by atoms with Crippen LogP contribution in [0.3, 0.4) is 0 Å². The molecule has 6 heteroatoms. The van der Waals surface area contributed by atoms with E-state index in [1.807, 2.05) is 24.3 Å². The number of halogens is 1. The summed E-state index contributed by atoms with van der Waals surface area (Å²) in [6.07, 6.45) is 0.609. The number of morpholine rings is 1. The van der Waals surface area contributed by atoms with Crippen LogP contribution in [0.5, 0.6) is 0 Å². The monoisotopic (exact) mass is 279 g/mol. The summed E-state index contributed by atoms with van der Waals surface area (Å²) >= 11 is 5.85. The van der Waals surface area contributed by atoms with Crippen LogP contribution in [0, 0.1) is 0 Å². The first-order valence-electron chi connectivity index (χ1n) is 6.19. The van der Waals surface area contributed by atoms with Crippen LogP contribution in [0.25, 0.3) is 0 Å². The number of ether oxygens (including phenoxy) is 1. The smallest absolute Gasteiger partial charge is 0.231 e. The summed E-state index contributed by atoms with van der Waals surface area (Å²) in [6, 6.07) is 7.63. The zero-order valence-electron chi connectivity index (χ0n) is 10.3. The highest BCUT2D eigenvalue weighted by molar-refractivity contribution is 6.30. The number of rotatable bonds is 3. The molecule has 1 aromatic carbocycles. The minimum atomic E-state index is 0.0245. The fourth-order valence-corrected chi connectivity index (χ4v) is 2.12. The molecule has 5 nitrogen and oxygen atoms in total. The molecule has 0 radical (unpaired) electrons. The van der Waals surface area contributed by atoms with E-state index in [1.54, 1.807) is 0 Å². The van der Waals surface area contributed by atoms with Gasteiger partial charge >= 0.3 is 0 Å². The topological polar surface area (TPSA) is 60.2 Å². The lowest BCUT2D eigenvalue weighted by Crippen LogP contribution is -2.35. The Balaban J connectivity index is 1.68. The highest BCUT2D eigenvalue weighted by Gasteiger charge is 2.20. The lowest BCUT2D eigenvalue weighted by Gasteiger charge is -2.20. The lowest BCUT2D eigenvalue weighted by atomic mass is 10.1. The second-order valence-electron chi connectivity index (χ2n) is 4.43. The molecule has 1 aliphatic rings. The van der Waals surface area contributed by atoms with Crippen LogP contribution < -0.4 is 5.32 Å². The zero-order chi connectivity index (χ0) is 13.1. The SMILES string of the molecule is Clc1ccc(Cc2nc(C3COCCN3)no2)cc1. The van der Waals surface area contributed by atoms with Crippen LogP contribution in [0.4, 0.5) is 0 Å². The Morgan fingerprint density at radius 1 is 1.32 bits per heavy atom. The van der Waals surface area contributed by atoms with E-state index in [4.69, 9.17) is 20.9 Å². The molecule has 1 aliphatic heterocycles. The molecule has 100 valence electrons. The van der Waals surface area contributed by atoms with Gasteiger partial charge in [0.1, 0.15) is 0 Å². The molecule has 0 saturated carbocycles. The molecule has 3 rings (SSSR count). The summed E-state index contributed by atoms with van der Waals surface area (Å²) in [6.45, 7) is 2.12. The van der Waals surface area contributed by atoms with E-state index in [1.165, 1.54) is 0 Å². The van der Waals surface area contributed by atoms with Gasteiger partial charge in [0.25, 0.3) is 0 Å². The van der Waals surface area contributed by atoms with Gasteiger partial charge in [0, 0.05) is 11.6 Å². The van der Waals surface area contributed by atoms with Crippen molar-refractivity contribution in [2.45, 2.75) is 12.5 Å². The van der Waals surface area contributed by atoms with Gasteiger partial charge in [-0.3, -0.25) is 0 Å². The van der Waals surface area contributed by atoms with Crippen molar-refractivity contribution in [2.24, 2.45) is 0 Å². The van der Waals surface area contributed by atoms with E-state index in [0.717, 1.165) is 23.7 Å². The Morgan fingerprint density at radius 2 is 2.16 bits per heavy atom. The minimum Gasteiger partial charge on any atom is -0.378 e. The van der Waals surface area contributed by atoms with Crippen LogP contribution in [0.2, 0.25) is 5.02 Å². The van der Waals surface area contributed by atoms with Gasteiger partial charge in [-0.2, -0.15) is 4.98 Å². The van der Waals surface area contributed by atoms with Crippen LogP contribution in [-0.2, 0) is 11.2 Å². The Morgan fingerprint density at radius 3 is 2.89 bits per heavy atom. The largest absolute Gasteiger partial charge is 0.378 e. The van der Waals surface area contributed by atoms with E-state index in [-0.39, 0.29) is 6.04 Å². The van der Waals surface area contributed by atoms with Crippen LogP contribution in [0.1, 0.15) is 23.3 Å². The molecule has 1 atom stereocenters. The van der Waals surface area contributed by atoms with Gasteiger partial charge in [-0.15, -0.1) is 0 Å². The van der Waals surface area contributed by atoms with Crippen molar-refractivity contribution in [3.8, 4) is 0 Å². The van der Waals surface area contributed by atoms with Crippen molar-refractivity contribution in [3.63, 3.8) is 0 Å². The minimum absolute atomic E-state index is 0.0245. The van der Waals surface area contributed by atoms with Crippen molar-refractivity contribution >= 4 is 11.6 Å². The van der Waals surface area contributed by atoms with Gasteiger partial charge in [-0.1, -0.05) is 28.9 Å². The van der Waals surface area contributed by atoms with Crippen LogP contribution >= 0.6 is 11.6 Å². The van der Waals surface area contributed by atoms with Crippen LogP contribution in [0.15, 0.2) is 28.8 Å². The zero-order valence-corrected chi connectivity index (χ0v) is 11.1. The molecule has 2 aromatic rings. The normalized spacial score (nSPS) is 19.5. The van der Waals surface area contributed by atoms with Crippen molar-refractivity contribution in [3.05, 3.63) is 46.6 Å². The second kappa shape index (κ2) is 5.69. The summed E-state index contributed by atoms with van der Waals surface area (Å²) in [7, 11) is 0. The average molecular weight is 280 g/mol. The highest BCUT2D eigenvalue weighted by atomic mass is 35.5. The molecule has 0 amide bonds. The molecule has 0 aliphatic carbocycles. The molecule has 0 bridgehead atoms. The summed E-state index contributed by atoms with van der Waals surface area (Å²) < 4.78 is 10.6. The van der Waals surface area contributed by atoms with Crippen molar-refractivity contribution in [2.75, 3.05) is 19.8 Å². The van der Waals surface area contributed by atoms with Crippen LogP contribution in [-0.4, -0.2) is 29.9 Å². The summed E-state index contributed by atoms with van der Waals surface area (Å²) in [4.78, 5) is 4.40. The first kappa shape index (κ1) is 12.6. The lowest BCUT2D eigenvalue weighted by molar-refractivity contribution is 0.0734. The van der Waals surface area contributed by atoms with Crippen molar-refractivity contribution in [1.29, 1.82) is 0 Å². The number of nitrogens with one attached hydrogen (secondary N) is 1. The Labute approximate surface area is 115 Å². The van der Waals surface area contributed by atoms with Gasteiger partial charge in [-0.25, -0.2) is 0 Å². The molecular weight excluding hydrogens is 266 g/mol. The fraction of sp³-hybridized carbons (Fsp3) is 0.385. The third-order valence-electron chi connectivity index (χ3n) is 2.99. The quantitative estimate of drug-likeness (QED) is 0.931. The molecule has 1 aromatic heterocycles. The molecule has 1 saturated heterocycles. The van der Waals surface area contributed by atoms with E-state index < -0.39 is 0 Å². The molecule has 2 heterocycles. The maximum absolute atomic E-state index is 5.85. The number of hydrogen-bond donors (Lipinski definition) is 1. The van der Waals surface area contributed by atoms with E-state index in [2.05, 4.69) is 15.5 Å². The number of hydrogen-bond acceptors (Lipinski definition) is 5. The predicted octanol–water partition coefficient (Wildman–Crippen LogP) is 1.97. The Kier molecular flexibility index (Phi) is 3.77. The number of benzene rings is 1. The number of aromatic nitrogens is 2. The average Bonchev–Trinajstić information content (AvgIpc) is 2.91. The summed E-state index contributed by atoms with van der Waals surface area (Å²) in [5, 5.41) is 8.01. The van der Waals surface area contributed by atoms with Gasteiger partial charge in [0.05, 0.1) is 25.7 Å². The second-order valence-corrected chi connectivity index (χ2v) is 4.87. The first-order valence-corrected chi connectivity index (χ1v) is 6.57. The van der Waals surface area contributed by atoms with Crippen molar-refractivity contribution < 1.29 is 9.26 Å². The van der Waals surface area contributed by atoms with E-state index >= 15 is 0 Å². The highest BCUT2D eigenvalue weighted by Crippen LogP contribution is 2.16. The first-order chi connectivity index (χ1) is 9.31. The third kappa shape index (κ3) is 3.12. The summed E-state index contributed by atoms with van der Waals surface area (Å²) in [5.74, 6) is 1.26. The summed E-state index contributed by atoms with van der Waals surface area (Å²) in [5.41, 5.74) is 1.09. The van der Waals surface area contributed by atoms with Gasteiger partial charge < -0.3 is 14.6 Å². The molecule has 1 N–H and O–H groups in total. The standard InChI is InChI=1S/C13H14ClN3O2/c14-10-3-1-9(2-4-10)7-12-16-13(17-19-12)11-8-18-6-5-15-11/h1-4,11,15H,5-8H2. The maximum Gasteiger partial charge on any atom is 0.231 e. The predicted molar refractivity (Wildman–Crippen MR) is 70.1 cm³/mol. The third-order valence-corrected chi connectivity index (χ3v) is 3.24. The Bertz CT molecular complexity index is 535. The fourth-order valence-electron chi connectivity index (χ4n) is 1.99. The van der Waals surface area contributed by atoms with E-state index in [9.17, 15) is 0 Å². The molecule has 1 fully saturated rings. The van der Waals surface area contributed by atoms with Crippen molar-refractivity contribution in [1.82, 2.24) is 15.5 Å². The van der Waals surface area contributed by atoms with Gasteiger partial charge in [-0.05, 0) is 17.7 Å². The molecular formula is C13H14ClN3O2. The van der Waals surface area contributed by atoms with Gasteiger partial charge in [0.15, 0.2) is 5.82 Å². The van der Waals surface area contributed by atoms with E-state index in [0.29, 0.717) is 24.7 Å². The Hall–Kier alpha value is -1.43.